The largest absolute Gasteiger partial charge is 0.495 e. The molecule has 10 heteroatoms. The lowest BCUT2D eigenvalue weighted by atomic mass is 10.2. The second kappa shape index (κ2) is 8.49. The molecule has 3 rings (SSSR count). The molecule has 0 radical (unpaired) electrons. The smallest absolute Gasteiger partial charge is 0.338 e. The third-order valence-corrected chi connectivity index (χ3v) is 4.00. The summed E-state index contributed by atoms with van der Waals surface area (Å²) in [6, 6.07) is 11.3. The molecule has 9 nitrogen and oxygen atoms in total. The van der Waals surface area contributed by atoms with Crippen molar-refractivity contribution in [2.24, 2.45) is 0 Å². The molecule has 0 aliphatic heterocycles. The van der Waals surface area contributed by atoms with Gasteiger partial charge in [-0.1, -0.05) is 17.7 Å². The molecule has 0 fully saturated rings. The number of nitrogens with zero attached hydrogens (tertiary/aromatic N) is 4. The van der Waals surface area contributed by atoms with Crippen molar-refractivity contribution in [1.82, 2.24) is 20.2 Å². The number of rotatable bonds is 6. The minimum absolute atomic E-state index is 0.257. The van der Waals surface area contributed by atoms with E-state index in [1.54, 1.807) is 42.5 Å². The fraction of sp³-hybridized carbons (Fsp3) is 0.167. The zero-order valence-electron chi connectivity index (χ0n) is 15.0. The van der Waals surface area contributed by atoms with E-state index >= 15 is 0 Å². The van der Waals surface area contributed by atoms with Gasteiger partial charge in [-0.2, -0.15) is 0 Å². The van der Waals surface area contributed by atoms with Gasteiger partial charge in [0.05, 0.1) is 24.0 Å². The zero-order chi connectivity index (χ0) is 20.1. The molecule has 1 N–H and O–H groups in total. The van der Waals surface area contributed by atoms with E-state index in [2.05, 4.69) is 20.8 Å². The second-order valence-electron chi connectivity index (χ2n) is 5.69. The van der Waals surface area contributed by atoms with Gasteiger partial charge in [-0.05, 0) is 53.7 Å². The summed E-state index contributed by atoms with van der Waals surface area (Å²) in [5, 5.41) is 13.9. The number of carbonyl (C=O) groups is 2. The predicted octanol–water partition coefficient (Wildman–Crippen LogP) is 2.51. The summed E-state index contributed by atoms with van der Waals surface area (Å²) in [6.45, 7) is 1.47. The van der Waals surface area contributed by atoms with Crippen LogP contribution in [0.5, 0.6) is 5.75 Å². The minimum Gasteiger partial charge on any atom is -0.495 e. The van der Waals surface area contributed by atoms with Gasteiger partial charge in [0.1, 0.15) is 12.1 Å². The first kappa shape index (κ1) is 19.3. The quantitative estimate of drug-likeness (QED) is 0.632. The minimum atomic E-state index is -1.05. The summed E-state index contributed by atoms with van der Waals surface area (Å²) in [6.07, 6.45) is 0.353. The van der Waals surface area contributed by atoms with Crippen LogP contribution in [0.2, 0.25) is 5.02 Å². The van der Waals surface area contributed by atoms with Crippen LogP contribution in [0, 0.1) is 0 Å². The van der Waals surface area contributed by atoms with Crippen LogP contribution in [-0.4, -0.2) is 45.3 Å². The van der Waals surface area contributed by atoms with Gasteiger partial charge in [-0.15, -0.1) is 5.10 Å². The normalized spacial score (nSPS) is 11.5. The number of anilines is 1. The Labute approximate surface area is 165 Å². The first-order chi connectivity index (χ1) is 13.5. The van der Waals surface area contributed by atoms with Crippen LogP contribution in [0.1, 0.15) is 17.3 Å². The van der Waals surface area contributed by atoms with E-state index in [9.17, 15) is 9.59 Å². The van der Waals surface area contributed by atoms with E-state index in [4.69, 9.17) is 21.1 Å². The standard InChI is InChI=1S/C18H16ClN5O4/c1-11(17(25)21-15-9-13(19)6-7-16(15)27-2)28-18(26)12-4-3-5-14(8-12)24-10-20-22-23-24/h3-11H,1-2H3,(H,21,25). The highest BCUT2D eigenvalue weighted by molar-refractivity contribution is 6.31. The van der Waals surface area contributed by atoms with Crippen molar-refractivity contribution in [3.8, 4) is 11.4 Å². The molecule has 1 heterocycles. The van der Waals surface area contributed by atoms with E-state index in [1.165, 1.54) is 25.0 Å². The topological polar surface area (TPSA) is 108 Å². The monoisotopic (exact) mass is 401 g/mol. The molecule has 0 saturated heterocycles. The molecule has 3 aromatic rings. The Morgan fingerprint density at radius 3 is 2.75 bits per heavy atom. The Kier molecular flexibility index (Phi) is 5.85. The highest BCUT2D eigenvalue weighted by Crippen LogP contribution is 2.27. The fourth-order valence-electron chi connectivity index (χ4n) is 2.35. The number of benzene rings is 2. The Morgan fingerprint density at radius 2 is 2.04 bits per heavy atom. The highest BCUT2D eigenvalue weighted by Gasteiger charge is 2.20. The van der Waals surface area contributed by atoms with Crippen molar-refractivity contribution >= 4 is 29.2 Å². The molecule has 2 aromatic carbocycles. The van der Waals surface area contributed by atoms with Crippen LogP contribution < -0.4 is 10.1 Å². The fourth-order valence-corrected chi connectivity index (χ4v) is 2.52. The maximum Gasteiger partial charge on any atom is 0.338 e. The Morgan fingerprint density at radius 1 is 1.21 bits per heavy atom. The maximum absolute atomic E-state index is 12.4. The van der Waals surface area contributed by atoms with Crippen molar-refractivity contribution in [2.45, 2.75) is 13.0 Å². The van der Waals surface area contributed by atoms with Gasteiger partial charge in [0.15, 0.2) is 6.10 Å². The first-order valence-electron chi connectivity index (χ1n) is 8.16. The Hall–Kier alpha value is -3.46. The van der Waals surface area contributed by atoms with Crippen molar-refractivity contribution in [2.75, 3.05) is 12.4 Å². The van der Waals surface area contributed by atoms with Crippen LogP contribution in [0.25, 0.3) is 5.69 Å². The van der Waals surface area contributed by atoms with Crippen LogP contribution in [-0.2, 0) is 9.53 Å². The third-order valence-electron chi connectivity index (χ3n) is 3.77. The molecule has 0 bridgehead atoms. The van der Waals surface area contributed by atoms with Crippen molar-refractivity contribution in [1.29, 1.82) is 0 Å². The van der Waals surface area contributed by atoms with Gasteiger partial charge >= 0.3 is 5.97 Å². The number of esters is 1. The first-order valence-corrected chi connectivity index (χ1v) is 8.54. The van der Waals surface area contributed by atoms with Crippen LogP contribution >= 0.6 is 11.6 Å². The van der Waals surface area contributed by atoms with E-state index < -0.39 is 18.0 Å². The average Bonchev–Trinajstić information content (AvgIpc) is 3.23. The Balaban J connectivity index is 1.68. The predicted molar refractivity (Wildman–Crippen MR) is 101 cm³/mol. The van der Waals surface area contributed by atoms with Gasteiger partial charge < -0.3 is 14.8 Å². The van der Waals surface area contributed by atoms with Gasteiger partial charge in [0.2, 0.25) is 0 Å². The lowest BCUT2D eigenvalue weighted by molar-refractivity contribution is -0.123. The lowest BCUT2D eigenvalue weighted by Crippen LogP contribution is -2.30. The third kappa shape index (κ3) is 4.44. The van der Waals surface area contributed by atoms with Gasteiger partial charge in [0, 0.05) is 5.02 Å². The van der Waals surface area contributed by atoms with E-state index in [1.807, 2.05) is 0 Å². The number of methoxy groups -OCH3 is 1. The number of ether oxygens (including phenoxy) is 2. The highest BCUT2D eigenvalue weighted by atomic mass is 35.5. The molecule has 144 valence electrons. The molecule has 0 saturated carbocycles. The van der Waals surface area contributed by atoms with Gasteiger partial charge in [0.25, 0.3) is 5.91 Å². The van der Waals surface area contributed by atoms with E-state index in [-0.39, 0.29) is 5.56 Å². The number of nitrogens with one attached hydrogen (secondary N) is 1. The van der Waals surface area contributed by atoms with Crippen LogP contribution in [0.15, 0.2) is 48.8 Å². The number of tetrazole rings is 1. The number of amides is 1. The number of hydrogen-bond donors (Lipinski definition) is 1. The molecular weight excluding hydrogens is 386 g/mol. The summed E-state index contributed by atoms with van der Waals surface area (Å²) in [5.41, 5.74) is 1.22. The summed E-state index contributed by atoms with van der Waals surface area (Å²) in [4.78, 5) is 24.8. The maximum atomic E-state index is 12.4. The van der Waals surface area contributed by atoms with Crippen molar-refractivity contribution in [3.05, 3.63) is 59.4 Å². The molecule has 0 spiro atoms. The summed E-state index contributed by atoms with van der Waals surface area (Å²) < 4.78 is 11.8. The zero-order valence-corrected chi connectivity index (χ0v) is 15.8. The van der Waals surface area contributed by atoms with Crippen LogP contribution in [0.4, 0.5) is 5.69 Å². The number of carbonyl (C=O) groups excluding carboxylic acids is 2. The average molecular weight is 402 g/mol. The van der Waals surface area contributed by atoms with Crippen LogP contribution in [0.3, 0.4) is 0 Å². The molecular formula is C18H16ClN5O4. The van der Waals surface area contributed by atoms with Gasteiger partial charge in [-0.25, -0.2) is 9.48 Å². The van der Waals surface area contributed by atoms with E-state index in [0.717, 1.165) is 0 Å². The summed E-state index contributed by atoms with van der Waals surface area (Å²) in [7, 11) is 1.47. The number of halogens is 1. The second-order valence-corrected chi connectivity index (χ2v) is 6.12. The molecule has 1 atom stereocenters. The summed E-state index contributed by atoms with van der Waals surface area (Å²) in [5.74, 6) is -0.744. The molecule has 1 unspecified atom stereocenters. The molecule has 1 amide bonds. The van der Waals surface area contributed by atoms with E-state index in [0.29, 0.717) is 22.1 Å². The van der Waals surface area contributed by atoms with Crippen molar-refractivity contribution < 1.29 is 19.1 Å². The Bertz CT molecular complexity index is 993. The number of aromatic nitrogens is 4. The lowest BCUT2D eigenvalue weighted by Gasteiger charge is -2.15. The number of hydrogen-bond acceptors (Lipinski definition) is 7. The SMILES string of the molecule is COc1ccc(Cl)cc1NC(=O)C(C)OC(=O)c1cccc(-n2cnnn2)c1. The molecule has 0 aliphatic carbocycles. The molecule has 0 aliphatic rings. The summed E-state index contributed by atoms with van der Waals surface area (Å²) >= 11 is 5.95. The molecule has 28 heavy (non-hydrogen) atoms. The van der Waals surface area contributed by atoms with Crippen molar-refractivity contribution in [3.63, 3.8) is 0 Å². The molecule has 1 aromatic heterocycles. The van der Waals surface area contributed by atoms with Gasteiger partial charge in [-0.3, -0.25) is 4.79 Å².